The molecular weight excluding hydrogens is 248 g/mol. The first-order valence-corrected chi connectivity index (χ1v) is 5.84. The third kappa shape index (κ3) is 5.67. The molecule has 1 rings (SSSR count). The SMILES string of the molecule is CCC(=O)OCC(=O)Nc1cccc(NC(C)=O)c1. The molecule has 6 nitrogen and oxygen atoms in total. The second kappa shape index (κ2) is 7.15. The summed E-state index contributed by atoms with van der Waals surface area (Å²) in [6, 6.07) is 6.68. The number of carbonyl (C=O) groups excluding carboxylic acids is 3. The van der Waals surface area contributed by atoms with Gasteiger partial charge in [0.1, 0.15) is 0 Å². The molecule has 0 atom stereocenters. The second-order valence-electron chi connectivity index (χ2n) is 3.82. The van der Waals surface area contributed by atoms with Gasteiger partial charge in [0.05, 0.1) is 0 Å². The van der Waals surface area contributed by atoms with E-state index in [1.165, 1.54) is 6.92 Å². The van der Waals surface area contributed by atoms with Gasteiger partial charge in [-0.05, 0) is 18.2 Å². The third-order valence-corrected chi connectivity index (χ3v) is 2.12. The Morgan fingerprint density at radius 3 is 2.37 bits per heavy atom. The highest BCUT2D eigenvalue weighted by Gasteiger charge is 2.06. The lowest BCUT2D eigenvalue weighted by molar-refractivity contribution is -0.146. The molecule has 0 saturated heterocycles. The van der Waals surface area contributed by atoms with Gasteiger partial charge in [0.15, 0.2) is 6.61 Å². The zero-order valence-electron chi connectivity index (χ0n) is 10.9. The highest BCUT2D eigenvalue weighted by atomic mass is 16.5. The molecule has 0 saturated carbocycles. The van der Waals surface area contributed by atoms with Crippen LogP contribution >= 0.6 is 0 Å². The Bertz CT molecular complexity index is 485. The van der Waals surface area contributed by atoms with Crippen molar-refractivity contribution in [2.24, 2.45) is 0 Å². The minimum atomic E-state index is -0.429. The van der Waals surface area contributed by atoms with Gasteiger partial charge in [-0.1, -0.05) is 13.0 Å². The van der Waals surface area contributed by atoms with Gasteiger partial charge in [-0.15, -0.1) is 0 Å². The number of nitrogens with one attached hydrogen (secondary N) is 2. The first kappa shape index (κ1) is 14.7. The standard InChI is InChI=1S/C13H16N2O4/c1-3-13(18)19-8-12(17)15-11-6-4-5-10(7-11)14-9(2)16/h4-7H,3,8H2,1-2H3,(H,14,16)(H,15,17). The van der Waals surface area contributed by atoms with Gasteiger partial charge in [0.25, 0.3) is 5.91 Å². The smallest absolute Gasteiger partial charge is 0.306 e. The van der Waals surface area contributed by atoms with E-state index < -0.39 is 11.9 Å². The summed E-state index contributed by atoms with van der Waals surface area (Å²) in [4.78, 5) is 33.3. The molecule has 0 spiro atoms. The largest absolute Gasteiger partial charge is 0.456 e. The molecule has 6 heteroatoms. The molecule has 2 N–H and O–H groups in total. The minimum Gasteiger partial charge on any atom is -0.456 e. The maximum atomic E-state index is 11.5. The molecule has 0 aliphatic heterocycles. The summed E-state index contributed by atoms with van der Waals surface area (Å²) < 4.78 is 4.70. The zero-order chi connectivity index (χ0) is 14.3. The van der Waals surface area contributed by atoms with Gasteiger partial charge in [-0.3, -0.25) is 14.4 Å². The molecule has 1 aromatic carbocycles. The molecule has 19 heavy (non-hydrogen) atoms. The lowest BCUT2D eigenvalue weighted by atomic mass is 10.2. The van der Waals surface area contributed by atoms with Crippen molar-refractivity contribution in [1.29, 1.82) is 0 Å². The highest BCUT2D eigenvalue weighted by Crippen LogP contribution is 2.14. The van der Waals surface area contributed by atoms with Crippen molar-refractivity contribution in [2.45, 2.75) is 20.3 Å². The predicted molar refractivity (Wildman–Crippen MR) is 70.6 cm³/mol. The van der Waals surface area contributed by atoms with Crippen LogP contribution < -0.4 is 10.6 Å². The first-order valence-electron chi connectivity index (χ1n) is 5.84. The summed E-state index contributed by atoms with van der Waals surface area (Å²) in [5.74, 6) is -1.05. The van der Waals surface area contributed by atoms with E-state index in [9.17, 15) is 14.4 Å². The Kier molecular flexibility index (Phi) is 5.53. The molecule has 0 unspecified atom stereocenters. The Hall–Kier alpha value is -2.37. The molecule has 2 amide bonds. The van der Waals surface area contributed by atoms with Crippen LogP contribution in [0.4, 0.5) is 11.4 Å². The fourth-order valence-corrected chi connectivity index (χ4v) is 1.32. The number of amides is 2. The number of hydrogen-bond donors (Lipinski definition) is 2. The summed E-state index contributed by atoms with van der Waals surface area (Å²) in [5, 5.41) is 5.17. The average Bonchev–Trinajstić information content (AvgIpc) is 2.35. The number of hydrogen-bond acceptors (Lipinski definition) is 4. The molecule has 1 aromatic rings. The van der Waals surface area contributed by atoms with E-state index in [1.807, 2.05) is 0 Å². The Labute approximate surface area is 111 Å². The topological polar surface area (TPSA) is 84.5 Å². The van der Waals surface area contributed by atoms with E-state index >= 15 is 0 Å². The van der Waals surface area contributed by atoms with E-state index in [4.69, 9.17) is 4.74 Å². The van der Waals surface area contributed by atoms with Crippen molar-refractivity contribution in [3.8, 4) is 0 Å². The number of anilines is 2. The molecule has 0 aliphatic carbocycles. The van der Waals surface area contributed by atoms with Crippen molar-refractivity contribution in [3.05, 3.63) is 24.3 Å². The van der Waals surface area contributed by atoms with Crippen LogP contribution in [0.15, 0.2) is 24.3 Å². The summed E-state index contributed by atoms with van der Waals surface area (Å²) in [7, 11) is 0. The van der Waals surface area contributed by atoms with Crippen molar-refractivity contribution in [3.63, 3.8) is 0 Å². The molecule has 0 fully saturated rings. The molecule has 0 aliphatic rings. The van der Waals surface area contributed by atoms with Crippen molar-refractivity contribution >= 4 is 29.2 Å². The van der Waals surface area contributed by atoms with Crippen LogP contribution in [0.25, 0.3) is 0 Å². The summed E-state index contributed by atoms with van der Waals surface area (Å²) in [5.41, 5.74) is 1.10. The molecule has 0 aromatic heterocycles. The van der Waals surface area contributed by atoms with Gasteiger partial charge >= 0.3 is 5.97 Å². The highest BCUT2D eigenvalue weighted by molar-refractivity contribution is 5.94. The van der Waals surface area contributed by atoms with Crippen LogP contribution in [-0.4, -0.2) is 24.4 Å². The Balaban J connectivity index is 2.54. The number of carbonyl (C=O) groups is 3. The molecular formula is C13H16N2O4. The molecule has 0 bridgehead atoms. The molecule has 0 radical (unpaired) electrons. The summed E-state index contributed by atoms with van der Waals surface area (Å²) >= 11 is 0. The number of benzene rings is 1. The van der Waals surface area contributed by atoms with E-state index in [1.54, 1.807) is 31.2 Å². The number of ether oxygens (including phenoxy) is 1. The molecule has 0 heterocycles. The number of rotatable bonds is 5. The van der Waals surface area contributed by atoms with Crippen LogP contribution in [0.3, 0.4) is 0 Å². The van der Waals surface area contributed by atoms with E-state index in [0.29, 0.717) is 11.4 Å². The van der Waals surface area contributed by atoms with Gasteiger partial charge in [-0.2, -0.15) is 0 Å². The van der Waals surface area contributed by atoms with Gasteiger partial charge < -0.3 is 15.4 Å². The normalized spacial score (nSPS) is 9.58. The Morgan fingerprint density at radius 1 is 1.16 bits per heavy atom. The van der Waals surface area contributed by atoms with Gasteiger partial charge in [0, 0.05) is 24.7 Å². The average molecular weight is 264 g/mol. The second-order valence-corrected chi connectivity index (χ2v) is 3.82. The lowest BCUT2D eigenvalue weighted by Crippen LogP contribution is -2.20. The number of esters is 1. The minimum absolute atomic E-state index is 0.194. The maximum absolute atomic E-state index is 11.5. The molecule has 102 valence electrons. The Morgan fingerprint density at radius 2 is 1.79 bits per heavy atom. The van der Waals surface area contributed by atoms with Crippen LogP contribution in [-0.2, 0) is 19.1 Å². The zero-order valence-corrected chi connectivity index (χ0v) is 10.9. The quantitative estimate of drug-likeness (QED) is 0.790. The van der Waals surface area contributed by atoms with Crippen LogP contribution in [0.5, 0.6) is 0 Å². The summed E-state index contributed by atoms with van der Waals surface area (Å²) in [6.07, 6.45) is 0.227. The third-order valence-electron chi connectivity index (χ3n) is 2.12. The van der Waals surface area contributed by atoms with E-state index in [2.05, 4.69) is 10.6 Å². The van der Waals surface area contributed by atoms with Crippen LogP contribution in [0, 0.1) is 0 Å². The van der Waals surface area contributed by atoms with E-state index in [-0.39, 0.29) is 18.9 Å². The van der Waals surface area contributed by atoms with Crippen LogP contribution in [0.1, 0.15) is 20.3 Å². The fourth-order valence-electron chi connectivity index (χ4n) is 1.32. The van der Waals surface area contributed by atoms with Crippen molar-refractivity contribution in [1.82, 2.24) is 0 Å². The fraction of sp³-hybridized carbons (Fsp3) is 0.308. The monoisotopic (exact) mass is 264 g/mol. The predicted octanol–water partition coefficient (Wildman–Crippen LogP) is 1.54. The van der Waals surface area contributed by atoms with Gasteiger partial charge in [-0.25, -0.2) is 0 Å². The van der Waals surface area contributed by atoms with Crippen LogP contribution in [0.2, 0.25) is 0 Å². The summed E-state index contributed by atoms with van der Waals surface area (Å²) in [6.45, 7) is 2.73. The maximum Gasteiger partial charge on any atom is 0.306 e. The van der Waals surface area contributed by atoms with Crippen molar-refractivity contribution in [2.75, 3.05) is 17.2 Å². The van der Waals surface area contributed by atoms with E-state index in [0.717, 1.165) is 0 Å². The van der Waals surface area contributed by atoms with Gasteiger partial charge in [0.2, 0.25) is 5.91 Å². The lowest BCUT2D eigenvalue weighted by Gasteiger charge is -2.08. The van der Waals surface area contributed by atoms with Crippen molar-refractivity contribution < 1.29 is 19.1 Å². The first-order chi connectivity index (χ1) is 9.01.